The zero-order valence-corrected chi connectivity index (χ0v) is 12.4. The third-order valence-electron chi connectivity index (χ3n) is 3.07. The van der Waals surface area contributed by atoms with Crippen molar-refractivity contribution in [1.29, 1.82) is 0 Å². The Morgan fingerprint density at radius 2 is 2.18 bits per heavy atom. The van der Waals surface area contributed by atoms with Crippen molar-refractivity contribution in [2.45, 2.75) is 43.0 Å². The van der Waals surface area contributed by atoms with Gasteiger partial charge in [-0.2, -0.15) is 11.8 Å². The summed E-state index contributed by atoms with van der Waals surface area (Å²) >= 11 is 1.87. The number of unbranched alkanes of at least 4 members (excludes halogenated alkanes) is 1. The van der Waals surface area contributed by atoms with Crippen LogP contribution >= 0.6 is 11.8 Å². The fraction of sp³-hybridized carbons (Fsp3) is 0.800. The minimum atomic E-state index is -0.729. The van der Waals surface area contributed by atoms with Crippen LogP contribution in [0.2, 0.25) is 0 Å². The number of aliphatic carboxylic acids is 1. The Balaban J connectivity index is 0.00000144. The van der Waals surface area contributed by atoms with Gasteiger partial charge in [-0.3, -0.25) is 4.79 Å². The van der Waals surface area contributed by atoms with Gasteiger partial charge >= 0.3 is 29.1 Å². The van der Waals surface area contributed by atoms with Crippen molar-refractivity contribution < 1.29 is 14.7 Å². The Labute approximate surface area is 115 Å². The molecule has 2 amide bonds. The van der Waals surface area contributed by atoms with Crippen LogP contribution < -0.4 is 10.6 Å². The topological polar surface area (TPSA) is 78.4 Å². The Morgan fingerprint density at radius 1 is 1.41 bits per heavy atom. The van der Waals surface area contributed by atoms with E-state index >= 15 is 0 Å². The maximum atomic E-state index is 11.1. The summed E-state index contributed by atoms with van der Waals surface area (Å²) in [5, 5.41) is 14.8. The van der Waals surface area contributed by atoms with Crippen molar-refractivity contribution in [2.24, 2.45) is 0 Å². The quantitative estimate of drug-likeness (QED) is 0.374. The van der Waals surface area contributed by atoms with Crippen molar-refractivity contribution in [3.8, 4) is 0 Å². The van der Waals surface area contributed by atoms with Crippen LogP contribution in [0.1, 0.15) is 25.7 Å². The summed E-state index contributed by atoms with van der Waals surface area (Å²) in [6.45, 7) is 0. The molecule has 0 radical (unpaired) electrons. The third-order valence-corrected chi connectivity index (χ3v) is 4.58. The molecule has 2 fully saturated rings. The van der Waals surface area contributed by atoms with E-state index < -0.39 is 5.97 Å². The Kier molecular flexibility index (Phi) is 5.62. The van der Waals surface area contributed by atoms with Gasteiger partial charge in [-0.25, -0.2) is 4.79 Å². The minimum absolute atomic E-state index is 0. The van der Waals surface area contributed by atoms with Crippen LogP contribution in [0.5, 0.6) is 0 Å². The van der Waals surface area contributed by atoms with Crippen molar-refractivity contribution in [3.05, 3.63) is 0 Å². The van der Waals surface area contributed by atoms with E-state index in [0.717, 1.165) is 25.0 Å². The summed E-state index contributed by atoms with van der Waals surface area (Å²) in [5.74, 6) is 0.236. The second-order valence-corrected chi connectivity index (χ2v) is 5.53. The van der Waals surface area contributed by atoms with Gasteiger partial charge in [0.15, 0.2) is 0 Å². The molecule has 0 aromatic heterocycles. The van der Waals surface area contributed by atoms with E-state index in [4.69, 9.17) is 5.11 Å². The number of hydrogen-bond acceptors (Lipinski definition) is 3. The number of amides is 2. The van der Waals surface area contributed by atoms with Gasteiger partial charge in [-0.1, -0.05) is 6.42 Å². The Bertz CT molecular complexity index is 303. The molecule has 0 spiro atoms. The SMILES string of the molecule is O=C(O)CCCC[C@H]1SC[C@H]2NC(=O)N[C@H]21.[SeH2]. The number of hydrogen-bond donors (Lipinski definition) is 3. The molecule has 2 rings (SSSR count). The van der Waals surface area contributed by atoms with Crippen LogP contribution in [0.25, 0.3) is 0 Å². The fourth-order valence-electron chi connectivity index (χ4n) is 2.26. The first-order valence-electron chi connectivity index (χ1n) is 5.57. The number of carboxylic acid groups (broad SMARTS) is 1. The molecule has 2 saturated heterocycles. The number of thioether (sulfide) groups is 1. The number of urea groups is 1. The molecular formula is C10H18N2O3SSe. The molecule has 0 aromatic carbocycles. The molecule has 2 heterocycles. The second-order valence-electron chi connectivity index (χ2n) is 4.26. The van der Waals surface area contributed by atoms with Crippen LogP contribution in [-0.4, -0.2) is 57.3 Å². The van der Waals surface area contributed by atoms with E-state index in [1.54, 1.807) is 0 Å². The molecule has 7 heteroatoms. The molecule has 3 atom stereocenters. The number of nitrogens with one attached hydrogen (secondary N) is 2. The van der Waals surface area contributed by atoms with Crippen LogP contribution in [0.15, 0.2) is 0 Å². The first kappa shape index (κ1) is 14.7. The summed E-state index contributed by atoms with van der Waals surface area (Å²) in [5.41, 5.74) is 0. The fourth-order valence-corrected chi connectivity index (χ4v) is 3.81. The van der Waals surface area contributed by atoms with Gasteiger partial charge in [0.25, 0.3) is 0 Å². The Hall–Kier alpha value is -0.391. The van der Waals surface area contributed by atoms with Gasteiger partial charge < -0.3 is 15.7 Å². The van der Waals surface area contributed by atoms with Gasteiger partial charge in [0.2, 0.25) is 0 Å². The van der Waals surface area contributed by atoms with Gasteiger partial charge in [-0.05, 0) is 12.8 Å². The van der Waals surface area contributed by atoms with E-state index in [0.29, 0.717) is 5.25 Å². The van der Waals surface area contributed by atoms with Crippen LogP contribution in [-0.2, 0) is 4.79 Å². The summed E-state index contributed by atoms with van der Waals surface area (Å²) < 4.78 is 0. The number of rotatable bonds is 5. The second kappa shape index (κ2) is 6.52. The normalized spacial score (nSPS) is 30.1. The number of carbonyl (C=O) groups is 2. The zero-order valence-electron chi connectivity index (χ0n) is 9.44. The average Bonchev–Trinajstić information content (AvgIpc) is 2.72. The third kappa shape index (κ3) is 3.79. The monoisotopic (exact) mass is 326 g/mol. The molecule has 0 unspecified atom stereocenters. The molecule has 3 N–H and O–H groups in total. The van der Waals surface area contributed by atoms with Crippen molar-refractivity contribution in [1.82, 2.24) is 10.6 Å². The summed E-state index contributed by atoms with van der Waals surface area (Å²) in [6.07, 6.45) is 2.88. The molecule has 0 saturated carbocycles. The first-order valence-corrected chi connectivity index (χ1v) is 6.62. The summed E-state index contributed by atoms with van der Waals surface area (Å²) in [6, 6.07) is 0.440. The van der Waals surface area contributed by atoms with Crippen molar-refractivity contribution in [3.63, 3.8) is 0 Å². The van der Waals surface area contributed by atoms with E-state index in [2.05, 4.69) is 10.6 Å². The molecular weight excluding hydrogens is 307 g/mol. The Morgan fingerprint density at radius 3 is 2.88 bits per heavy atom. The van der Waals surface area contributed by atoms with Crippen molar-refractivity contribution in [2.75, 3.05) is 5.75 Å². The molecule has 2 aliphatic heterocycles. The molecule has 17 heavy (non-hydrogen) atoms. The number of carboxylic acids is 1. The predicted molar refractivity (Wildman–Crippen MR) is 70.1 cm³/mol. The molecule has 98 valence electrons. The first-order chi connectivity index (χ1) is 7.66. The van der Waals surface area contributed by atoms with E-state index in [-0.39, 0.29) is 41.6 Å². The van der Waals surface area contributed by atoms with E-state index in [9.17, 15) is 9.59 Å². The van der Waals surface area contributed by atoms with Crippen LogP contribution in [0.4, 0.5) is 4.79 Å². The summed E-state index contributed by atoms with van der Waals surface area (Å²) in [7, 11) is 0. The standard InChI is InChI=1S/C10H16N2O3S.H2Se/c13-8(14)4-2-1-3-7-9-6(5-16-7)11-10(15)12-9;/h6-7,9H,1-5H2,(H,13,14)(H2,11,12,15);1H2/t6-,7-,9-;/m1./s1. The number of fused-ring (bicyclic) bond motifs is 1. The molecule has 0 bridgehead atoms. The van der Waals surface area contributed by atoms with Gasteiger partial charge in [0.1, 0.15) is 0 Å². The number of carbonyl (C=O) groups excluding carboxylic acids is 1. The average molecular weight is 325 g/mol. The van der Waals surface area contributed by atoms with Gasteiger partial charge in [-0.15, -0.1) is 0 Å². The molecule has 2 aliphatic rings. The predicted octanol–water partition coefficient (Wildman–Crippen LogP) is -0.119. The van der Waals surface area contributed by atoms with Gasteiger partial charge in [0.05, 0.1) is 12.1 Å². The molecule has 0 aromatic rings. The van der Waals surface area contributed by atoms with Crippen LogP contribution in [0.3, 0.4) is 0 Å². The zero-order chi connectivity index (χ0) is 11.5. The van der Waals surface area contributed by atoms with Crippen LogP contribution in [0, 0.1) is 0 Å². The summed E-state index contributed by atoms with van der Waals surface area (Å²) in [4.78, 5) is 21.5. The van der Waals surface area contributed by atoms with E-state index in [1.165, 1.54) is 0 Å². The van der Waals surface area contributed by atoms with E-state index in [1.807, 2.05) is 11.8 Å². The van der Waals surface area contributed by atoms with Crippen molar-refractivity contribution >= 4 is 40.8 Å². The van der Waals surface area contributed by atoms with Gasteiger partial charge in [0, 0.05) is 17.4 Å². The molecule has 5 nitrogen and oxygen atoms in total. The maximum absolute atomic E-state index is 11.1. The molecule has 0 aliphatic carbocycles.